The normalized spacial score (nSPS) is 17.8. The largest absolute Gasteiger partial charge is 0.494 e. The number of methoxy groups -OCH3 is 1. The SMILES string of the molecule is COc1ccc(C(=O)N2CCC(N3CC(CC#N)(n4cc(-c5ncnc6[nH]ccc56)cn4)C3)CC2)cc1F. The summed E-state index contributed by atoms with van der Waals surface area (Å²) < 4.78 is 21.0. The van der Waals surface area contributed by atoms with Crippen LogP contribution >= 0.6 is 0 Å². The number of aromatic amines is 1. The van der Waals surface area contributed by atoms with Crippen LogP contribution in [0.1, 0.15) is 29.6 Å². The van der Waals surface area contributed by atoms with Crippen molar-refractivity contribution in [3.05, 3.63) is 60.6 Å². The van der Waals surface area contributed by atoms with Crippen LogP contribution < -0.4 is 4.74 Å². The number of benzene rings is 1. The molecule has 0 spiro atoms. The first-order valence-electron chi connectivity index (χ1n) is 12.6. The molecule has 0 unspecified atom stereocenters. The van der Waals surface area contributed by atoms with E-state index in [9.17, 15) is 14.4 Å². The lowest BCUT2D eigenvalue weighted by atomic mass is 9.83. The lowest BCUT2D eigenvalue weighted by molar-refractivity contribution is -0.0412. The van der Waals surface area contributed by atoms with Gasteiger partial charge in [0.1, 0.15) is 17.5 Å². The molecule has 2 fully saturated rings. The van der Waals surface area contributed by atoms with E-state index in [-0.39, 0.29) is 11.7 Å². The molecule has 6 rings (SSSR count). The van der Waals surface area contributed by atoms with E-state index >= 15 is 0 Å². The van der Waals surface area contributed by atoms with Crippen LogP contribution in [0.4, 0.5) is 4.39 Å². The van der Waals surface area contributed by atoms with Crippen molar-refractivity contribution in [3.8, 4) is 23.1 Å². The summed E-state index contributed by atoms with van der Waals surface area (Å²) in [6.07, 6.45) is 9.13. The zero-order chi connectivity index (χ0) is 26.3. The highest BCUT2D eigenvalue weighted by Crippen LogP contribution is 2.37. The van der Waals surface area contributed by atoms with Gasteiger partial charge in [-0.15, -0.1) is 0 Å². The maximum atomic E-state index is 14.1. The van der Waals surface area contributed by atoms with E-state index in [0.29, 0.717) is 44.2 Å². The van der Waals surface area contributed by atoms with Gasteiger partial charge in [-0.2, -0.15) is 10.4 Å². The molecule has 1 aromatic carbocycles. The third kappa shape index (κ3) is 4.07. The average Bonchev–Trinajstić information content (AvgIpc) is 3.60. The van der Waals surface area contributed by atoms with Crippen molar-refractivity contribution in [3.63, 3.8) is 0 Å². The molecular formula is C27H27FN8O2. The monoisotopic (exact) mass is 514 g/mol. The van der Waals surface area contributed by atoms with Gasteiger partial charge in [0.25, 0.3) is 5.91 Å². The number of nitrogens with zero attached hydrogens (tertiary/aromatic N) is 7. The molecule has 0 aliphatic carbocycles. The summed E-state index contributed by atoms with van der Waals surface area (Å²) in [7, 11) is 1.40. The van der Waals surface area contributed by atoms with Gasteiger partial charge in [-0.1, -0.05) is 0 Å². The standard InChI is InChI=1S/C27H27FN8O2/c1-38-23-3-2-18(12-22(23)28)26(37)34-10-5-20(6-11-34)35-15-27(16-35,7-8-29)36-14-19(13-33-36)24-21-4-9-30-25(21)32-17-31-24/h2-4,9,12-14,17,20H,5-7,10-11,15-16H2,1H3,(H,30,31,32). The number of ether oxygens (including phenoxy) is 1. The van der Waals surface area contributed by atoms with E-state index in [1.165, 1.54) is 25.6 Å². The highest BCUT2D eigenvalue weighted by atomic mass is 19.1. The number of piperidine rings is 1. The summed E-state index contributed by atoms with van der Waals surface area (Å²) in [5.74, 6) is -0.586. The fourth-order valence-electron chi connectivity index (χ4n) is 5.68. The van der Waals surface area contributed by atoms with Crippen molar-refractivity contribution in [1.82, 2.24) is 34.5 Å². The second kappa shape index (κ2) is 9.54. The number of likely N-dealkylation sites (tertiary alicyclic amines) is 2. The molecule has 0 bridgehead atoms. The van der Waals surface area contributed by atoms with E-state index in [1.54, 1.807) is 17.2 Å². The Hall–Kier alpha value is -4.30. The summed E-state index contributed by atoms with van der Waals surface area (Å²) in [5.41, 5.74) is 2.39. The molecule has 2 saturated heterocycles. The number of hydrogen-bond acceptors (Lipinski definition) is 7. The number of halogens is 1. The third-order valence-electron chi connectivity index (χ3n) is 7.77. The van der Waals surface area contributed by atoms with Gasteiger partial charge in [0.05, 0.1) is 31.5 Å². The Labute approximate surface area is 218 Å². The fourth-order valence-corrected chi connectivity index (χ4v) is 5.68. The van der Waals surface area contributed by atoms with Crippen molar-refractivity contribution in [2.45, 2.75) is 30.8 Å². The van der Waals surface area contributed by atoms with Gasteiger partial charge in [-0.3, -0.25) is 14.4 Å². The Kier molecular flexibility index (Phi) is 6.04. The topological polar surface area (TPSA) is 116 Å². The minimum absolute atomic E-state index is 0.123. The first-order chi connectivity index (χ1) is 18.5. The number of nitrogens with one attached hydrogen (secondary N) is 1. The van der Waals surface area contributed by atoms with Gasteiger partial charge in [0.2, 0.25) is 0 Å². The quantitative estimate of drug-likeness (QED) is 0.420. The highest BCUT2D eigenvalue weighted by Gasteiger charge is 2.48. The number of aromatic nitrogens is 5. The molecule has 0 saturated carbocycles. The molecule has 2 aliphatic rings. The number of hydrogen-bond donors (Lipinski definition) is 1. The molecule has 11 heteroatoms. The second-order valence-corrected chi connectivity index (χ2v) is 9.97. The lowest BCUT2D eigenvalue weighted by Gasteiger charge is -2.53. The molecule has 5 heterocycles. The molecule has 38 heavy (non-hydrogen) atoms. The van der Waals surface area contributed by atoms with Crippen LogP contribution in [-0.4, -0.2) is 79.8 Å². The van der Waals surface area contributed by atoms with Crippen LogP contribution in [0.25, 0.3) is 22.3 Å². The summed E-state index contributed by atoms with van der Waals surface area (Å²) in [4.78, 5) is 28.9. The van der Waals surface area contributed by atoms with Crippen LogP contribution in [0.15, 0.2) is 49.2 Å². The maximum absolute atomic E-state index is 14.1. The van der Waals surface area contributed by atoms with E-state index < -0.39 is 11.4 Å². The summed E-state index contributed by atoms with van der Waals surface area (Å²) >= 11 is 0. The number of carbonyl (C=O) groups is 1. The number of amides is 1. The molecule has 2 aliphatic heterocycles. The number of H-pyrrole nitrogens is 1. The Balaban J connectivity index is 1.11. The number of carbonyl (C=O) groups excluding carboxylic acids is 1. The van der Waals surface area contributed by atoms with Gasteiger partial charge in [-0.05, 0) is 37.1 Å². The molecule has 194 valence electrons. The average molecular weight is 515 g/mol. The zero-order valence-electron chi connectivity index (χ0n) is 21.0. The first kappa shape index (κ1) is 24.1. The minimum atomic E-state index is -0.540. The third-order valence-corrected chi connectivity index (χ3v) is 7.77. The van der Waals surface area contributed by atoms with Crippen LogP contribution in [0.5, 0.6) is 5.75 Å². The van der Waals surface area contributed by atoms with Crippen LogP contribution in [0.3, 0.4) is 0 Å². The molecule has 3 aromatic heterocycles. The zero-order valence-corrected chi connectivity index (χ0v) is 21.0. The Morgan fingerprint density at radius 3 is 2.82 bits per heavy atom. The predicted molar refractivity (Wildman–Crippen MR) is 137 cm³/mol. The summed E-state index contributed by atoms with van der Waals surface area (Å²) in [6, 6.07) is 8.93. The van der Waals surface area contributed by atoms with Crippen molar-refractivity contribution in [2.24, 2.45) is 0 Å². The first-order valence-corrected chi connectivity index (χ1v) is 12.6. The number of rotatable bonds is 6. The molecule has 4 aromatic rings. The fraction of sp³-hybridized carbons (Fsp3) is 0.370. The minimum Gasteiger partial charge on any atom is -0.494 e. The molecule has 0 atom stereocenters. The highest BCUT2D eigenvalue weighted by molar-refractivity contribution is 5.94. The maximum Gasteiger partial charge on any atom is 0.253 e. The van der Waals surface area contributed by atoms with Crippen LogP contribution in [0.2, 0.25) is 0 Å². The van der Waals surface area contributed by atoms with E-state index in [1.807, 2.05) is 23.1 Å². The predicted octanol–water partition coefficient (Wildman–Crippen LogP) is 3.20. The van der Waals surface area contributed by atoms with E-state index in [0.717, 1.165) is 35.1 Å². The number of fused-ring (bicyclic) bond motifs is 1. The van der Waals surface area contributed by atoms with Crippen LogP contribution in [-0.2, 0) is 5.54 Å². The molecule has 1 N–H and O–H groups in total. The van der Waals surface area contributed by atoms with E-state index in [2.05, 4.69) is 31.0 Å². The van der Waals surface area contributed by atoms with Crippen molar-refractivity contribution < 1.29 is 13.9 Å². The number of nitriles is 1. The second-order valence-electron chi connectivity index (χ2n) is 9.97. The molecule has 0 radical (unpaired) electrons. The summed E-state index contributed by atoms with van der Waals surface area (Å²) in [5, 5.41) is 15.2. The molecule has 1 amide bonds. The lowest BCUT2D eigenvalue weighted by Crippen LogP contribution is -2.66. The smallest absolute Gasteiger partial charge is 0.253 e. The van der Waals surface area contributed by atoms with Crippen molar-refractivity contribution >= 4 is 16.9 Å². The van der Waals surface area contributed by atoms with Crippen LogP contribution in [0, 0.1) is 17.1 Å². The van der Waals surface area contributed by atoms with Gasteiger partial charge in [0, 0.05) is 61.1 Å². The van der Waals surface area contributed by atoms with E-state index in [4.69, 9.17) is 4.74 Å². The molecular weight excluding hydrogens is 487 g/mol. The van der Waals surface area contributed by atoms with Gasteiger partial charge >= 0.3 is 0 Å². The Morgan fingerprint density at radius 1 is 1.26 bits per heavy atom. The van der Waals surface area contributed by atoms with Gasteiger partial charge in [-0.25, -0.2) is 14.4 Å². The van der Waals surface area contributed by atoms with Gasteiger partial charge < -0.3 is 14.6 Å². The molecule has 10 nitrogen and oxygen atoms in total. The van der Waals surface area contributed by atoms with Crippen molar-refractivity contribution in [1.29, 1.82) is 5.26 Å². The van der Waals surface area contributed by atoms with Gasteiger partial charge in [0.15, 0.2) is 11.6 Å². The summed E-state index contributed by atoms with van der Waals surface area (Å²) in [6.45, 7) is 2.64. The Bertz CT molecular complexity index is 1530. The van der Waals surface area contributed by atoms with Crippen molar-refractivity contribution in [2.75, 3.05) is 33.3 Å². The Morgan fingerprint density at radius 2 is 2.08 bits per heavy atom.